The van der Waals surface area contributed by atoms with E-state index >= 15 is 0 Å². The van der Waals surface area contributed by atoms with E-state index in [0.717, 1.165) is 5.56 Å². The number of carbonyl (C=O) groups is 1. The van der Waals surface area contributed by atoms with Crippen molar-refractivity contribution in [2.24, 2.45) is 0 Å². The molecule has 0 heterocycles. The first kappa shape index (κ1) is 20.8. The third kappa shape index (κ3) is 7.34. The highest BCUT2D eigenvalue weighted by molar-refractivity contribution is 7.89. The predicted octanol–water partition coefficient (Wildman–Crippen LogP) is 3.04. The van der Waals surface area contributed by atoms with Gasteiger partial charge >= 0.3 is 0 Å². The summed E-state index contributed by atoms with van der Waals surface area (Å²) in [4.78, 5) is 12.1. The van der Waals surface area contributed by atoms with E-state index in [1.54, 1.807) is 18.2 Å². The molecule has 0 atom stereocenters. The molecule has 0 aliphatic rings. The molecule has 2 aromatic carbocycles. The first-order chi connectivity index (χ1) is 13.0. The molecule has 0 aromatic heterocycles. The molecule has 27 heavy (non-hydrogen) atoms. The summed E-state index contributed by atoms with van der Waals surface area (Å²) in [5.41, 5.74) is 1.44. The summed E-state index contributed by atoms with van der Waals surface area (Å²) < 4.78 is 32.1. The van der Waals surface area contributed by atoms with Crippen LogP contribution in [-0.2, 0) is 19.6 Å². The summed E-state index contributed by atoms with van der Waals surface area (Å²) in [7, 11) is -3.57. The van der Waals surface area contributed by atoms with Crippen molar-refractivity contribution in [1.29, 1.82) is 0 Å². The lowest BCUT2D eigenvalue weighted by atomic mass is 10.2. The van der Waals surface area contributed by atoms with Crippen LogP contribution in [0.25, 0.3) is 6.08 Å². The van der Waals surface area contributed by atoms with E-state index < -0.39 is 10.0 Å². The zero-order valence-corrected chi connectivity index (χ0v) is 16.0. The van der Waals surface area contributed by atoms with Gasteiger partial charge in [-0.25, -0.2) is 13.1 Å². The first-order valence-electron chi connectivity index (χ1n) is 8.73. The average molecular weight is 388 g/mol. The van der Waals surface area contributed by atoms with Crippen LogP contribution in [0, 0.1) is 0 Å². The molecule has 7 heteroatoms. The van der Waals surface area contributed by atoms with E-state index in [1.165, 1.54) is 18.2 Å². The topological polar surface area (TPSA) is 84.5 Å². The minimum Gasteiger partial charge on any atom is -0.382 e. The highest BCUT2D eigenvalue weighted by atomic mass is 32.2. The number of benzene rings is 2. The van der Waals surface area contributed by atoms with E-state index in [2.05, 4.69) is 10.0 Å². The third-order valence-electron chi connectivity index (χ3n) is 3.62. The van der Waals surface area contributed by atoms with Crippen LogP contribution in [0.1, 0.15) is 18.9 Å². The molecule has 0 fully saturated rings. The Hall–Kier alpha value is -2.48. The van der Waals surface area contributed by atoms with Gasteiger partial charge in [0, 0.05) is 31.5 Å². The number of amides is 1. The Labute approximate surface area is 160 Å². The highest BCUT2D eigenvalue weighted by Gasteiger charge is 2.13. The lowest BCUT2D eigenvalue weighted by Gasteiger charge is -2.08. The van der Waals surface area contributed by atoms with Crippen LogP contribution < -0.4 is 10.0 Å². The quantitative estimate of drug-likeness (QED) is 0.484. The van der Waals surface area contributed by atoms with Gasteiger partial charge in [-0.2, -0.15) is 0 Å². The molecule has 6 nitrogen and oxygen atoms in total. The van der Waals surface area contributed by atoms with Crippen molar-refractivity contribution in [1.82, 2.24) is 4.72 Å². The van der Waals surface area contributed by atoms with Gasteiger partial charge in [0.15, 0.2) is 0 Å². The van der Waals surface area contributed by atoms with Crippen LogP contribution in [0.3, 0.4) is 0 Å². The Balaban J connectivity index is 1.88. The van der Waals surface area contributed by atoms with Gasteiger partial charge in [-0.05, 0) is 49.2 Å². The molecule has 1 amide bonds. The standard InChI is InChI=1S/C20H24N2O4S/c1-2-26-16-6-15-21-27(24,25)19-12-10-18(11-13-19)22-20(23)14-9-17-7-4-3-5-8-17/h3-5,7-14,21H,2,6,15-16H2,1H3,(H,22,23). The van der Waals surface area contributed by atoms with Crippen molar-refractivity contribution in [2.45, 2.75) is 18.2 Å². The molecule has 144 valence electrons. The number of rotatable bonds is 10. The number of hydrogen-bond donors (Lipinski definition) is 2. The SMILES string of the molecule is CCOCCCNS(=O)(=O)c1ccc(NC(=O)C=Cc2ccccc2)cc1. The van der Waals surface area contributed by atoms with E-state index in [0.29, 0.717) is 31.9 Å². The van der Waals surface area contributed by atoms with Crippen molar-refractivity contribution in [2.75, 3.05) is 25.1 Å². The lowest BCUT2D eigenvalue weighted by molar-refractivity contribution is -0.111. The molecule has 0 spiro atoms. The number of carbonyl (C=O) groups excluding carboxylic acids is 1. The van der Waals surface area contributed by atoms with E-state index in [-0.39, 0.29) is 10.8 Å². The van der Waals surface area contributed by atoms with E-state index in [1.807, 2.05) is 37.3 Å². The third-order valence-corrected chi connectivity index (χ3v) is 5.10. The predicted molar refractivity (Wildman–Crippen MR) is 107 cm³/mol. The Kier molecular flexibility index (Phi) is 8.19. The fourth-order valence-corrected chi connectivity index (χ4v) is 3.32. The monoisotopic (exact) mass is 388 g/mol. The minimum atomic E-state index is -3.57. The molecule has 0 aliphatic heterocycles. The lowest BCUT2D eigenvalue weighted by Crippen LogP contribution is -2.25. The molecule has 2 aromatic rings. The first-order valence-corrected chi connectivity index (χ1v) is 10.2. The number of anilines is 1. The summed E-state index contributed by atoms with van der Waals surface area (Å²) in [5, 5.41) is 2.70. The Morgan fingerprint density at radius 1 is 1.07 bits per heavy atom. The average Bonchev–Trinajstić information content (AvgIpc) is 2.67. The molecule has 0 saturated heterocycles. The largest absolute Gasteiger partial charge is 0.382 e. The molecule has 0 unspecified atom stereocenters. The number of hydrogen-bond acceptors (Lipinski definition) is 4. The summed E-state index contributed by atoms with van der Waals surface area (Å²) in [6.45, 7) is 3.33. The number of nitrogens with one attached hydrogen (secondary N) is 2. The molecule has 2 N–H and O–H groups in total. The van der Waals surface area contributed by atoms with Crippen LogP contribution in [0.2, 0.25) is 0 Å². The van der Waals surface area contributed by atoms with Crippen molar-refractivity contribution < 1.29 is 17.9 Å². The van der Waals surface area contributed by atoms with Crippen LogP contribution in [0.15, 0.2) is 65.6 Å². The zero-order chi connectivity index (χ0) is 19.5. The fraction of sp³-hybridized carbons (Fsp3) is 0.250. The van der Waals surface area contributed by atoms with Crippen LogP contribution in [0.5, 0.6) is 0 Å². The zero-order valence-electron chi connectivity index (χ0n) is 15.2. The second-order valence-corrected chi connectivity index (χ2v) is 7.47. The van der Waals surface area contributed by atoms with Gasteiger partial charge in [0.25, 0.3) is 0 Å². The van der Waals surface area contributed by atoms with Crippen LogP contribution in [-0.4, -0.2) is 34.1 Å². The van der Waals surface area contributed by atoms with Gasteiger partial charge in [-0.15, -0.1) is 0 Å². The van der Waals surface area contributed by atoms with Gasteiger partial charge in [-0.3, -0.25) is 4.79 Å². The highest BCUT2D eigenvalue weighted by Crippen LogP contribution is 2.14. The van der Waals surface area contributed by atoms with Gasteiger partial charge in [0.05, 0.1) is 4.90 Å². The number of ether oxygens (including phenoxy) is 1. The maximum absolute atomic E-state index is 12.2. The molecule has 0 saturated carbocycles. The molecule has 0 aliphatic carbocycles. The van der Waals surface area contributed by atoms with Crippen LogP contribution in [0.4, 0.5) is 5.69 Å². The minimum absolute atomic E-state index is 0.150. The van der Waals surface area contributed by atoms with Gasteiger partial charge in [0.1, 0.15) is 0 Å². The van der Waals surface area contributed by atoms with Crippen molar-refractivity contribution in [3.8, 4) is 0 Å². The van der Waals surface area contributed by atoms with Crippen molar-refractivity contribution in [3.63, 3.8) is 0 Å². The second-order valence-electron chi connectivity index (χ2n) is 5.71. The molecule has 0 bridgehead atoms. The van der Waals surface area contributed by atoms with Crippen LogP contribution >= 0.6 is 0 Å². The summed E-state index contributed by atoms with van der Waals surface area (Å²) in [6, 6.07) is 15.5. The molecular formula is C20H24N2O4S. The maximum Gasteiger partial charge on any atom is 0.248 e. The smallest absolute Gasteiger partial charge is 0.248 e. The van der Waals surface area contributed by atoms with Crippen molar-refractivity contribution in [3.05, 3.63) is 66.2 Å². The molecule has 0 radical (unpaired) electrons. The van der Waals surface area contributed by atoms with Gasteiger partial charge < -0.3 is 10.1 Å². The number of sulfonamides is 1. The van der Waals surface area contributed by atoms with E-state index in [4.69, 9.17) is 4.74 Å². The fourth-order valence-electron chi connectivity index (χ4n) is 2.25. The van der Waals surface area contributed by atoms with Crippen molar-refractivity contribution >= 4 is 27.7 Å². The van der Waals surface area contributed by atoms with Gasteiger partial charge in [-0.1, -0.05) is 30.3 Å². The Bertz CT molecular complexity index is 847. The second kappa shape index (κ2) is 10.6. The Morgan fingerprint density at radius 2 is 1.78 bits per heavy atom. The molecule has 2 rings (SSSR count). The molecular weight excluding hydrogens is 364 g/mol. The maximum atomic E-state index is 12.2. The summed E-state index contributed by atoms with van der Waals surface area (Å²) in [6.07, 6.45) is 3.75. The Morgan fingerprint density at radius 3 is 2.44 bits per heavy atom. The van der Waals surface area contributed by atoms with Gasteiger partial charge in [0.2, 0.25) is 15.9 Å². The summed E-state index contributed by atoms with van der Waals surface area (Å²) >= 11 is 0. The normalized spacial score (nSPS) is 11.6. The summed E-state index contributed by atoms with van der Waals surface area (Å²) in [5.74, 6) is -0.288. The van der Waals surface area contributed by atoms with E-state index in [9.17, 15) is 13.2 Å².